The minimum absolute atomic E-state index is 0.000176. The molecule has 42 heavy (non-hydrogen) atoms. The van der Waals surface area contributed by atoms with Crippen LogP contribution in [0.5, 0.6) is 5.75 Å². The number of benzene rings is 3. The molecular weight excluding hydrogens is 530 g/mol. The molecule has 4 aromatic rings. The van der Waals surface area contributed by atoms with Crippen molar-refractivity contribution in [1.82, 2.24) is 24.8 Å². The van der Waals surface area contributed by atoms with Gasteiger partial charge in [0.1, 0.15) is 18.0 Å². The van der Waals surface area contributed by atoms with Crippen LogP contribution in [0.25, 0.3) is 10.9 Å². The molecule has 6 rings (SSSR count). The lowest BCUT2D eigenvalue weighted by Gasteiger charge is -2.54. The Balaban J connectivity index is 1.34. The van der Waals surface area contributed by atoms with E-state index in [0.717, 1.165) is 27.6 Å². The van der Waals surface area contributed by atoms with Crippen molar-refractivity contribution in [1.29, 1.82) is 0 Å². The van der Waals surface area contributed by atoms with Gasteiger partial charge >= 0.3 is 0 Å². The maximum absolute atomic E-state index is 14.2. The first kappa shape index (κ1) is 27.4. The summed E-state index contributed by atoms with van der Waals surface area (Å²) in [4.78, 5) is 49.4. The standard InChI is InChI=1S/C33H33N5O4/c1-35-22-31(41)37-28(19-24-12-15-27(39)16-13-24)33(42)36(20-26-10-5-9-25-11-6-18-34-32(25)26)21-29(37)38(35)30(40)17-14-23-7-3-2-4-8-23/h2-13,15-16,18,28-29,39H,14,17,19-22H2,1H3/t28-,29-/m0/s1. The third-order valence-electron chi connectivity index (χ3n) is 8.11. The van der Waals surface area contributed by atoms with Gasteiger partial charge in [0.25, 0.3) is 0 Å². The zero-order valence-corrected chi connectivity index (χ0v) is 23.5. The van der Waals surface area contributed by atoms with Gasteiger partial charge < -0.3 is 14.9 Å². The summed E-state index contributed by atoms with van der Waals surface area (Å²) in [6.45, 7) is 0.481. The fourth-order valence-electron chi connectivity index (χ4n) is 6.08. The number of hydrogen-bond donors (Lipinski definition) is 1. The van der Waals surface area contributed by atoms with Gasteiger partial charge in [-0.2, -0.15) is 0 Å². The molecule has 0 aliphatic carbocycles. The molecule has 0 spiro atoms. The lowest BCUT2D eigenvalue weighted by Crippen LogP contribution is -2.75. The van der Waals surface area contributed by atoms with E-state index in [1.807, 2.05) is 60.7 Å². The summed E-state index contributed by atoms with van der Waals surface area (Å²) < 4.78 is 0. The van der Waals surface area contributed by atoms with E-state index in [1.165, 1.54) is 0 Å². The topological polar surface area (TPSA) is 97.3 Å². The van der Waals surface area contributed by atoms with Crippen LogP contribution in [0.2, 0.25) is 0 Å². The first-order valence-corrected chi connectivity index (χ1v) is 14.2. The van der Waals surface area contributed by atoms with Crippen molar-refractivity contribution in [3.63, 3.8) is 0 Å². The number of aromatic hydroxyl groups is 1. The number of piperazine rings is 1. The quantitative estimate of drug-likeness (QED) is 0.371. The number of phenolic OH excluding ortho intramolecular Hbond substituents is 1. The van der Waals surface area contributed by atoms with Crippen molar-refractivity contribution < 1.29 is 19.5 Å². The van der Waals surface area contributed by atoms with Gasteiger partial charge in [0.05, 0.1) is 18.6 Å². The Labute approximate surface area is 244 Å². The second-order valence-electron chi connectivity index (χ2n) is 10.9. The normalized spacial score (nSPS) is 19.3. The maximum Gasteiger partial charge on any atom is 0.246 e. The third kappa shape index (κ3) is 5.43. The van der Waals surface area contributed by atoms with Gasteiger partial charge in [-0.1, -0.05) is 66.7 Å². The number of amides is 3. The number of pyridine rings is 1. The number of aryl methyl sites for hydroxylation is 1. The molecule has 2 saturated heterocycles. The SMILES string of the molecule is CN1CC(=O)N2[C@@H](Cc3ccc(O)cc3)C(=O)N(Cc3cccc4cccnc34)C[C@@H]2N1C(=O)CCc1ccccc1. The van der Waals surface area contributed by atoms with Crippen LogP contribution in [0.1, 0.15) is 23.1 Å². The van der Waals surface area contributed by atoms with E-state index >= 15 is 0 Å². The highest BCUT2D eigenvalue weighted by Gasteiger charge is 2.50. The van der Waals surface area contributed by atoms with Crippen LogP contribution in [-0.4, -0.2) is 80.0 Å². The molecule has 3 heterocycles. The Hall–Kier alpha value is -4.76. The lowest BCUT2D eigenvalue weighted by molar-refractivity contribution is -0.202. The molecule has 3 amide bonds. The van der Waals surface area contributed by atoms with Crippen molar-refractivity contribution in [3.05, 3.63) is 108 Å². The van der Waals surface area contributed by atoms with Gasteiger partial charge in [0.2, 0.25) is 17.7 Å². The van der Waals surface area contributed by atoms with E-state index < -0.39 is 12.2 Å². The monoisotopic (exact) mass is 563 g/mol. The zero-order chi connectivity index (χ0) is 29.2. The number of fused-ring (bicyclic) bond motifs is 2. The van der Waals surface area contributed by atoms with Gasteiger partial charge in [-0.15, -0.1) is 0 Å². The Kier molecular flexibility index (Phi) is 7.58. The molecule has 0 unspecified atom stereocenters. The summed E-state index contributed by atoms with van der Waals surface area (Å²) in [6.07, 6.45) is 2.20. The second-order valence-corrected chi connectivity index (χ2v) is 10.9. The molecular formula is C33H33N5O4. The Morgan fingerprint density at radius 3 is 2.48 bits per heavy atom. The van der Waals surface area contributed by atoms with Crippen LogP contribution >= 0.6 is 0 Å². The summed E-state index contributed by atoms with van der Waals surface area (Å²) in [7, 11) is 1.75. The molecule has 9 heteroatoms. The number of hydrogen-bond acceptors (Lipinski definition) is 6. The van der Waals surface area contributed by atoms with Crippen molar-refractivity contribution in [2.24, 2.45) is 0 Å². The third-order valence-corrected chi connectivity index (χ3v) is 8.11. The van der Waals surface area contributed by atoms with Crippen molar-refractivity contribution in [2.75, 3.05) is 20.1 Å². The number of hydrazine groups is 1. The molecule has 0 radical (unpaired) electrons. The number of phenols is 1. The average Bonchev–Trinajstić information content (AvgIpc) is 2.99. The molecule has 2 aliphatic heterocycles. The van der Waals surface area contributed by atoms with E-state index in [9.17, 15) is 19.5 Å². The summed E-state index contributed by atoms with van der Waals surface area (Å²) in [5.74, 6) is -0.351. The summed E-state index contributed by atoms with van der Waals surface area (Å²) in [5.41, 5.74) is 3.59. The molecule has 0 saturated carbocycles. The number of aromatic nitrogens is 1. The Bertz CT molecular complexity index is 1600. The predicted octanol–water partition coefficient (Wildman–Crippen LogP) is 3.37. The lowest BCUT2D eigenvalue weighted by atomic mass is 9.97. The fraction of sp³-hybridized carbons (Fsp3) is 0.273. The molecule has 214 valence electrons. The zero-order valence-electron chi connectivity index (χ0n) is 23.5. The van der Waals surface area contributed by atoms with Crippen molar-refractivity contribution in [2.45, 2.75) is 38.0 Å². The van der Waals surface area contributed by atoms with Crippen LogP contribution in [-0.2, 0) is 33.8 Å². The second kappa shape index (κ2) is 11.6. The first-order valence-electron chi connectivity index (χ1n) is 14.2. The van der Waals surface area contributed by atoms with E-state index in [1.54, 1.807) is 57.3 Å². The predicted molar refractivity (Wildman–Crippen MR) is 158 cm³/mol. The molecule has 2 atom stereocenters. The highest BCUT2D eigenvalue weighted by atomic mass is 16.3. The molecule has 2 aliphatic rings. The average molecular weight is 564 g/mol. The highest BCUT2D eigenvalue weighted by Crippen LogP contribution is 2.30. The maximum atomic E-state index is 14.2. The molecule has 1 N–H and O–H groups in total. The first-order chi connectivity index (χ1) is 20.4. The number of para-hydroxylation sites is 1. The van der Waals surface area contributed by atoms with E-state index in [-0.39, 0.29) is 49.4 Å². The van der Waals surface area contributed by atoms with Crippen LogP contribution in [0.3, 0.4) is 0 Å². The smallest absolute Gasteiger partial charge is 0.246 e. The number of nitrogens with zero attached hydrogens (tertiary/aromatic N) is 5. The van der Waals surface area contributed by atoms with E-state index in [0.29, 0.717) is 13.0 Å². The molecule has 1 aromatic heterocycles. The minimum Gasteiger partial charge on any atom is -0.508 e. The van der Waals surface area contributed by atoms with Crippen LogP contribution in [0, 0.1) is 0 Å². The van der Waals surface area contributed by atoms with Crippen LogP contribution in [0.15, 0.2) is 91.1 Å². The molecule has 9 nitrogen and oxygen atoms in total. The van der Waals surface area contributed by atoms with Gasteiger partial charge in [-0.3, -0.25) is 24.4 Å². The Morgan fingerprint density at radius 2 is 1.69 bits per heavy atom. The molecule has 2 fully saturated rings. The van der Waals surface area contributed by atoms with Crippen LogP contribution < -0.4 is 0 Å². The summed E-state index contributed by atoms with van der Waals surface area (Å²) in [5, 5.41) is 14.1. The summed E-state index contributed by atoms with van der Waals surface area (Å²) >= 11 is 0. The van der Waals surface area contributed by atoms with Crippen LogP contribution in [0.4, 0.5) is 0 Å². The van der Waals surface area contributed by atoms with E-state index in [2.05, 4.69) is 4.98 Å². The largest absolute Gasteiger partial charge is 0.508 e. The number of rotatable bonds is 7. The van der Waals surface area contributed by atoms with Crippen molar-refractivity contribution >= 4 is 28.6 Å². The fourth-order valence-corrected chi connectivity index (χ4v) is 6.08. The summed E-state index contributed by atoms with van der Waals surface area (Å²) in [6, 6.07) is 25.5. The highest BCUT2D eigenvalue weighted by molar-refractivity contribution is 5.92. The number of carbonyl (C=O) groups is 3. The number of carbonyl (C=O) groups excluding carboxylic acids is 3. The van der Waals surface area contributed by atoms with E-state index in [4.69, 9.17) is 0 Å². The molecule has 3 aromatic carbocycles. The minimum atomic E-state index is -0.804. The number of likely N-dealkylation sites (N-methyl/N-ethyl adjacent to an activating group) is 1. The van der Waals surface area contributed by atoms with Crippen molar-refractivity contribution in [3.8, 4) is 5.75 Å². The van der Waals surface area contributed by atoms with Gasteiger partial charge in [0, 0.05) is 38.0 Å². The molecule has 0 bridgehead atoms. The Morgan fingerprint density at radius 1 is 0.929 bits per heavy atom. The van der Waals surface area contributed by atoms with Gasteiger partial charge in [-0.25, -0.2) is 5.01 Å². The van der Waals surface area contributed by atoms with Gasteiger partial charge in [0.15, 0.2) is 0 Å². The van der Waals surface area contributed by atoms with Gasteiger partial charge in [-0.05, 0) is 41.3 Å².